The molecular weight excluding hydrogens is 295 g/mol. The first-order chi connectivity index (χ1) is 9.95. The van der Waals surface area contributed by atoms with E-state index in [-0.39, 0.29) is 22.1 Å². The number of aryl methyl sites for hydroxylation is 1. The van der Waals surface area contributed by atoms with Crippen LogP contribution in [0.5, 0.6) is 5.75 Å². The van der Waals surface area contributed by atoms with Crippen molar-refractivity contribution in [2.24, 2.45) is 12.8 Å². The second-order valence-corrected chi connectivity index (χ2v) is 4.61. The molecule has 21 heavy (non-hydrogen) atoms. The van der Waals surface area contributed by atoms with Crippen molar-refractivity contribution in [2.45, 2.75) is 0 Å². The molecule has 1 amide bonds. The van der Waals surface area contributed by atoms with Crippen LogP contribution in [0, 0.1) is 5.82 Å². The number of carbonyl (C=O) groups is 1. The number of halogens is 1. The SMILES string of the molecule is COc1cccc(F)c1C(=O)Nc1c(C(N)=S)cnn1C. The van der Waals surface area contributed by atoms with Gasteiger partial charge in [0.2, 0.25) is 0 Å². The summed E-state index contributed by atoms with van der Waals surface area (Å²) in [5, 5.41) is 6.51. The van der Waals surface area contributed by atoms with E-state index >= 15 is 0 Å². The lowest BCUT2D eigenvalue weighted by Crippen LogP contribution is -2.20. The molecule has 0 aliphatic heterocycles. The predicted molar refractivity (Wildman–Crippen MR) is 80.0 cm³/mol. The van der Waals surface area contributed by atoms with E-state index in [2.05, 4.69) is 10.4 Å². The molecule has 3 N–H and O–H groups in total. The fraction of sp³-hybridized carbons (Fsp3) is 0.154. The Morgan fingerprint density at radius 3 is 2.86 bits per heavy atom. The van der Waals surface area contributed by atoms with Gasteiger partial charge >= 0.3 is 0 Å². The maximum absolute atomic E-state index is 13.9. The van der Waals surface area contributed by atoms with E-state index in [9.17, 15) is 9.18 Å². The van der Waals surface area contributed by atoms with Gasteiger partial charge in [0.1, 0.15) is 27.9 Å². The van der Waals surface area contributed by atoms with E-state index in [0.717, 1.165) is 0 Å². The molecule has 6 nitrogen and oxygen atoms in total. The van der Waals surface area contributed by atoms with Gasteiger partial charge in [0.25, 0.3) is 5.91 Å². The summed E-state index contributed by atoms with van der Waals surface area (Å²) in [5.41, 5.74) is 5.76. The van der Waals surface area contributed by atoms with Crippen molar-refractivity contribution in [3.8, 4) is 5.75 Å². The lowest BCUT2D eigenvalue weighted by Gasteiger charge is -2.11. The van der Waals surface area contributed by atoms with Gasteiger partial charge in [-0.2, -0.15) is 5.10 Å². The minimum absolute atomic E-state index is 0.0823. The van der Waals surface area contributed by atoms with Crippen LogP contribution in [0.25, 0.3) is 0 Å². The molecule has 2 rings (SSSR count). The third-order valence-corrected chi connectivity index (χ3v) is 3.08. The highest BCUT2D eigenvalue weighted by Gasteiger charge is 2.21. The zero-order chi connectivity index (χ0) is 15.6. The van der Waals surface area contributed by atoms with E-state index in [1.54, 1.807) is 7.05 Å². The van der Waals surface area contributed by atoms with Crippen molar-refractivity contribution in [1.29, 1.82) is 0 Å². The monoisotopic (exact) mass is 308 g/mol. The van der Waals surface area contributed by atoms with Gasteiger partial charge in [0.15, 0.2) is 0 Å². The van der Waals surface area contributed by atoms with Crippen LogP contribution in [-0.2, 0) is 7.05 Å². The van der Waals surface area contributed by atoms with Gasteiger partial charge in [0, 0.05) is 7.05 Å². The molecule has 1 aromatic heterocycles. The summed E-state index contributed by atoms with van der Waals surface area (Å²) in [6, 6.07) is 4.13. The zero-order valence-corrected chi connectivity index (χ0v) is 12.2. The Morgan fingerprint density at radius 2 is 2.24 bits per heavy atom. The topological polar surface area (TPSA) is 82.2 Å². The van der Waals surface area contributed by atoms with Gasteiger partial charge in [-0.15, -0.1) is 0 Å². The van der Waals surface area contributed by atoms with Crippen LogP contribution in [0.2, 0.25) is 0 Å². The third kappa shape index (κ3) is 2.84. The van der Waals surface area contributed by atoms with E-state index in [1.165, 1.54) is 36.2 Å². The Labute approximate surface area is 125 Å². The molecule has 0 radical (unpaired) electrons. The number of amides is 1. The lowest BCUT2D eigenvalue weighted by molar-refractivity contribution is 0.101. The van der Waals surface area contributed by atoms with Gasteiger partial charge < -0.3 is 15.8 Å². The minimum Gasteiger partial charge on any atom is -0.496 e. The van der Waals surface area contributed by atoms with Gasteiger partial charge in [0.05, 0.1) is 18.9 Å². The third-order valence-electron chi connectivity index (χ3n) is 2.86. The summed E-state index contributed by atoms with van der Waals surface area (Å²) < 4.78 is 20.3. The van der Waals surface area contributed by atoms with Crippen molar-refractivity contribution in [3.63, 3.8) is 0 Å². The number of aromatic nitrogens is 2. The van der Waals surface area contributed by atoms with Gasteiger partial charge in [-0.05, 0) is 12.1 Å². The molecular formula is C13H13FN4O2S. The number of nitrogens with two attached hydrogens (primary N) is 1. The predicted octanol–water partition coefficient (Wildman–Crippen LogP) is 1.45. The molecule has 110 valence electrons. The largest absolute Gasteiger partial charge is 0.496 e. The first-order valence-corrected chi connectivity index (χ1v) is 6.32. The van der Waals surface area contributed by atoms with Crippen LogP contribution in [0.3, 0.4) is 0 Å². The van der Waals surface area contributed by atoms with Crippen molar-refractivity contribution >= 4 is 28.9 Å². The maximum Gasteiger partial charge on any atom is 0.263 e. The number of benzene rings is 1. The first kappa shape index (κ1) is 14.9. The summed E-state index contributed by atoms with van der Waals surface area (Å²) in [4.78, 5) is 12.4. The molecule has 0 bridgehead atoms. The molecule has 0 saturated heterocycles. The molecule has 0 aliphatic carbocycles. The summed E-state index contributed by atoms with van der Waals surface area (Å²) >= 11 is 4.88. The Bertz CT molecular complexity index is 714. The highest BCUT2D eigenvalue weighted by atomic mass is 32.1. The van der Waals surface area contributed by atoms with Crippen LogP contribution in [-0.4, -0.2) is 27.8 Å². The smallest absolute Gasteiger partial charge is 0.263 e. The number of nitrogens with one attached hydrogen (secondary N) is 1. The van der Waals surface area contributed by atoms with Crippen LogP contribution < -0.4 is 15.8 Å². The van der Waals surface area contributed by atoms with Crippen molar-refractivity contribution in [2.75, 3.05) is 12.4 Å². The number of thiocarbonyl (C=S) groups is 1. The number of methoxy groups -OCH3 is 1. The summed E-state index contributed by atoms with van der Waals surface area (Å²) in [5.74, 6) is -0.943. The number of anilines is 1. The quantitative estimate of drug-likeness (QED) is 0.836. The van der Waals surface area contributed by atoms with E-state index in [0.29, 0.717) is 5.56 Å². The Hall–Kier alpha value is -2.48. The molecule has 8 heteroatoms. The Morgan fingerprint density at radius 1 is 1.52 bits per heavy atom. The fourth-order valence-corrected chi connectivity index (χ4v) is 1.98. The number of rotatable bonds is 4. The van der Waals surface area contributed by atoms with E-state index in [4.69, 9.17) is 22.7 Å². The lowest BCUT2D eigenvalue weighted by atomic mass is 10.1. The van der Waals surface area contributed by atoms with Crippen LogP contribution in [0.1, 0.15) is 15.9 Å². The second kappa shape index (κ2) is 5.88. The molecule has 0 atom stereocenters. The van der Waals surface area contributed by atoms with Crippen molar-refractivity contribution in [1.82, 2.24) is 9.78 Å². The maximum atomic E-state index is 13.9. The first-order valence-electron chi connectivity index (χ1n) is 5.91. The summed E-state index contributed by atoms with van der Waals surface area (Å²) in [6.07, 6.45) is 1.43. The van der Waals surface area contributed by atoms with Crippen LogP contribution in [0.4, 0.5) is 10.2 Å². The van der Waals surface area contributed by atoms with Gasteiger partial charge in [-0.25, -0.2) is 4.39 Å². The van der Waals surface area contributed by atoms with Crippen molar-refractivity contribution in [3.05, 3.63) is 41.3 Å². The average Bonchev–Trinajstić information content (AvgIpc) is 2.79. The molecule has 1 heterocycles. The average molecular weight is 308 g/mol. The Balaban J connectivity index is 2.40. The summed E-state index contributed by atoms with van der Waals surface area (Å²) in [6.45, 7) is 0. The standard InChI is InChI=1S/C13H13FN4O2S/c1-18-12(7(6-16-18)11(15)21)17-13(19)10-8(14)4-3-5-9(10)20-2/h3-6H,1-2H3,(H2,15,21)(H,17,19). The molecule has 0 spiro atoms. The molecule has 0 unspecified atom stereocenters. The molecule has 0 fully saturated rings. The number of ether oxygens (including phenoxy) is 1. The number of nitrogens with zero attached hydrogens (tertiary/aromatic N) is 2. The highest BCUT2D eigenvalue weighted by molar-refractivity contribution is 7.80. The molecule has 0 saturated carbocycles. The van der Waals surface area contributed by atoms with Gasteiger partial charge in [-0.3, -0.25) is 9.48 Å². The fourth-order valence-electron chi connectivity index (χ4n) is 1.83. The number of hydrogen-bond donors (Lipinski definition) is 2. The molecule has 1 aromatic carbocycles. The summed E-state index contributed by atoms with van der Waals surface area (Å²) in [7, 11) is 2.96. The van der Waals surface area contributed by atoms with Crippen LogP contribution in [0.15, 0.2) is 24.4 Å². The number of hydrogen-bond acceptors (Lipinski definition) is 4. The zero-order valence-electron chi connectivity index (χ0n) is 11.4. The molecule has 0 aliphatic rings. The van der Waals surface area contributed by atoms with Crippen LogP contribution >= 0.6 is 12.2 Å². The Kier molecular flexibility index (Phi) is 4.18. The van der Waals surface area contributed by atoms with Crippen molar-refractivity contribution < 1.29 is 13.9 Å². The van der Waals surface area contributed by atoms with E-state index < -0.39 is 11.7 Å². The number of carbonyl (C=O) groups excluding carboxylic acids is 1. The molecule has 2 aromatic rings. The minimum atomic E-state index is -0.689. The normalized spacial score (nSPS) is 10.2. The second-order valence-electron chi connectivity index (χ2n) is 4.17. The highest BCUT2D eigenvalue weighted by Crippen LogP contribution is 2.23. The van der Waals surface area contributed by atoms with Gasteiger partial charge in [-0.1, -0.05) is 18.3 Å². The van der Waals surface area contributed by atoms with E-state index in [1.807, 2.05) is 0 Å².